The Morgan fingerprint density at radius 1 is 0.755 bits per heavy atom. The van der Waals surface area contributed by atoms with Crippen LogP contribution in [-0.2, 0) is 31.6 Å². The van der Waals surface area contributed by atoms with Crippen LogP contribution in [0.15, 0.2) is 72.8 Å². The Kier molecular flexibility index (Phi) is 14.3. The molecule has 2 amide bonds. The molecule has 49 heavy (non-hydrogen) atoms. The van der Waals surface area contributed by atoms with Gasteiger partial charge in [0.1, 0.15) is 0 Å². The maximum atomic E-state index is 14.5. The van der Waals surface area contributed by atoms with Crippen molar-refractivity contribution in [2.75, 3.05) is 39.5 Å². The fourth-order valence-electron chi connectivity index (χ4n) is 6.51. The number of ether oxygens (including phenoxy) is 2. The quantitative estimate of drug-likeness (QED) is 0.162. The zero-order valence-electron chi connectivity index (χ0n) is 30.5. The molecule has 4 rings (SSSR count). The first kappa shape index (κ1) is 38.6. The summed E-state index contributed by atoms with van der Waals surface area (Å²) in [6, 6.07) is 24.2. The Hall–Kier alpha value is -3.19. The molecule has 0 spiro atoms. The van der Waals surface area contributed by atoms with Gasteiger partial charge in [0.05, 0.1) is 32.3 Å². The van der Waals surface area contributed by atoms with Gasteiger partial charge in [-0.05, 0) is 76.1 Å². The first-order valence-electron chi connectivity index (χ1n) is 18.0. The van der Waals surface area contributed by atoms with Crippen molar-refractivity contribution < 1.29 is 19.1 Å². The second-order valence-corrected chi connectivity index (χ2v) is 15.9. The Bertz CT molecular complexity index is 1450. The van der Waals surface area contributed by atoms with E-state index < -0.39 is 0 Å². The molecular weight excluding hydrogens is 632 g/mol. The van der Waals surface area contributed by atoms with Crippen molar-refractivity contribution in [3.8, 4) is 0 Å². The predicted molar refractivity (Wildman–Crippen MR) is 200 cm³/mol. The third-order valence-corrected chi connectivity index (χ3v) is 9.80. The van der Waals surface area contributed by atoms with Crippen molar-refractivity contribution in [2.45, 2.75) is 96.9 Å². The summed E-state index contributed by atoms with van der Waals surface area (Å²) in [4.78, 5) is 29.0. The molecule has 1 N–H and O–H groups in total. The summed E-state index contributed by atoms with van der Waals surface area (Å²) in [6.07, 6.45) is 5.67. The van der Waals surface area contributed by atoms with Gasteiger partial charge in [-0.2, -0.15) is 0 Å². The molecule has 1 aliphatic carbocycles. The summed E-state index contributed by atoms with van der Waals surface area (Å²) in [6.45, 7) is 16.2. The van der Waals surface area contributed by atoms with E-state index in [0.717, 1.165) is 36.8 Å². The Morgan fingerprint density at radius 3 is 1.88 bits per heavy atom. The molecule has 0 radical (unpaired) electrons. The van der Waals surface area contributed by atoms with E-state index in [2.05, 4.69) is 71.1 Å². The van der Waals surface area contributed by atoms with E-state index in [4.69, 9.17) is 21.1 Å². The van der Waals surface area contributed by atoms with Crippen LogP contribution in [0.3, 0.4) is 0 Å². The van der Waals surface area contributed by atoms with Crippen LogP contribution in [0.25, 0.3) is 0 Å². The molecule has 1 fully saturated rings. The van der Waals surface area contributed by atoms with Crippen molar-refractivity contribution in [2.24, 2.45) is 5.92 Å². The number of amides is 2. The average molecular weight is 689 g/mol. The summed E-state index contributed by atoms with van der Waals surface area (Å²) in [5.74, 6) is 0.147. The first-order valence-corrected chi connectivity index (χ1v) is 18.4. The molecule has 3 aromatic carbocycles. The average Bonchev–Trinajstić information content (AvgIpc) is 3.07. The van der Waals surface area contributed by atoms with E-state index in [1.165, 1.54) is 17.5 Å². The van der Waals surface area contributed by atoms with Crippen molar-refractivity contribution >= 4 is 23.4 Å². The third-order valence-electron chi connectivity index (χ3n) is 9.54. The molecule has 1 aliphatic rings. The number of nitrogens with one attached hydrogen (secondary N) is 1. The van der Waals surface area contributed by atoms with Crippen molar-refractivity contribution in [3.63, 3.8) is 0 Å². The normalized spacial score (nSPS) is 14.8. The van der Waals surface area contributed by atoms with Crippen LogP contribution < -0.4 is 5.32 Å². The topological polar surface area (TPSA) is 67.9 Å². The predicted octanol–water partition coefficient (Wildman–Crippen LogP) is 9.09. The smallest absolute Gasteiger partial charge is 0.251 e. The van der Waals surface area contributed by atoms with E-state index in [1.54, 1.807) is 0 Å². The highest BCUT2D eigenvalue weighted by Gasteiger charge is 2.34. The lowest BCUT2D eigenvalue weighted by molar-refractivity contribution is -0.136. The number of carbonyl (C=O) groups excluding carboxylic acids is 2. The molecule has 1 saturated carbocycles. The highest BCUT2D eigenvalue weighted by atomic mass is 35.5. The fourth-order valence-corrected chi connectivity index (χ4v) is 6.63. The molecule has 6 nitrogen and oxygen atoms in total. The Balaban J connectivity index is 1.30. The lowest BCUT2D eigenvalue weighted by Crippen LogP contribution is -2.40. The number of nitrogens with zero attached hydrogens (tertiary/aromatic N) is 1. The summed E-state index contributed by atoms with van der Waals surface area (Å²) in [5.41, 5.74) is 5.36. The second kappa shape index (κ2) is 18.2. The van der Waals surface area contributed by atoms with Crippen molar-refractivity contribution in [1.29, 1.82) is 0 Å². The molecule has 0 saturated heterocycles. The van der Waals surface area contributed by atoms with Gasteiger partial charge in [0, 0.05) is 30.2 Å². The van der Waals surface area contributed by atoms with Gasteiger partial charge < -0.3 is 19.7 Å². The van der Waals surface area contributed by atoms with E-state index in [-0.39, 0.29) is 28.6 Å². The second-order valence-electron chi connectivity index (χ2n) is 15.4. The number of carbonyl (C=O) groups is 2. The molecule has 0 aromatic heterocycles. The van der Waals surface area contributed by atoms with Crippen LogP contribution >= 0.6 is 11.6 Å². The Labute approximate surface area is 299 Å². The zero-order chi connectivity index (χ0) is 35.4. The molecule has 0 aliphatic heterocycles. The molecular formula is C42H57ClN2O4. The molecule has 0 heterocycles. The van der Waals surface area contributed by atoms with Gasteiger partial charge in [-0.15, -0.1) is 0 Å². The van der Waals surface area contributed by atoms with E-state index >= 15 is 0 Å². The molecule has 7 heteroatoms. The standard InChI is InChI=1S/C42H57ClN2O4/c1-41(2,3)35-18-12-31(13-19-35)30-45(40(47)38(32-10-8-7-9-11-32)33-16-22-37(43)23-17-33)25-27-49-29-28-48-26-24-44-39(46)34-14-20-36(21-15-34)42(4,5)6/h12-23,32,38H,7-11,24-30H2,1-6H3,(H,44,46). The van der Waals surface area contributed by atoms with Crippen LogP contribution in [-0.4, -0.2) is 56.2 Å². The van der Waals surface area contributed by atoms with Crippen molar-refractivity contribution in [1.82, 2.24) is 10.2 Å². The highest BCUT2D eigenvalue weighted by molar-refractivity contribution is 6.30. The molecule has 1 unspecified atom stereocenters. The summed E-state index contributed by atoms with van der Waals surface area (Å²) in [5, 5.41) is 3.60. The minimum absolute atomic E-state index is 0.0475. The van der Waals surface area contributed by atoms with E-state index in [1.807, 2.05) is 53.4 Å². The maximum absolute atomic E-state index is 14.5. The van der Waals surface area contributed by atoms with Crippen LogP contribution in [0.4, 0.5) is 0 Å². The number of hydrogen-bond donors (Lipinski definition) is 1. The summed E-state index contributed by atoms with van der Waals surface area (Å²) in [7, 11) is 0. The molecule has 266 valence electrons. The summed E-state index contributed by atoms with van der Waals surface area (Å²) >= 11 is 6.25. The van der Waals surface area contributed by atoms with E-state index in [9.17, 15) is 9.59 Å². The molecule has 0 bridgehead atoms. The van der Waals surface area contributed by atoms with Gasteiger partial charge in [-0.25, -0.2) is 0 Å². The minimum atomic E-state index is -0.207. The maximum Gasteiger partial charge on any atom is 0.251 e. The monoisotopic (exact) mass is 688 g/mol. The minimum Gasteiger partial charge on any atom is -0.377 e. The van der Waals surface area contributed by atoms with Gasteiger partial charge in [0.2, 0.25) is 5.91 Å². The lowest BCUT2D eigenvalue weighted by Gasteiger charge is -2.34. The first-order chi connectivity index (χ1) is 23.3. The van der Waals surface area contributed by atoms with Gasteiger partial charge in [-0.3, -0.25) is 9.59 Å². The van der Waals surface area contributed by atoms with Crippen LogP contribution in [0, 0.1) is 5.92 Å². The van der Waals surface area contributed by atoms with Crippen LogP contribution in [0.5, 0.6) is 0 Å². The largest absolute Gasteiger partial charge is 0.377 e. The summed E-state index contributed by atoms with van der Waals surface area (Å²) < 4.78 is 11.7. The number of benzene rings is 3. The van der Waals surface area contributed by atoms with Gasteiger partial charge in [0.25, 0.3) is 5.91 Å². The zero-order valence-corrected chi connectivity index (χ0v) is 31.3. The van der Waals surface area contributed by atoms with Gasteiger partial charge >= 0.3 is 0 Å². The molecule has 1 atom stereocenters. The highest BCUT2D eigenvalue weighted by Crippen LogP contribution is 2.38. The molecule has 3 aromatic rings. The fraction of sp³-hybridized carbons (Fsp3) is 0.524. The van der Waals surface area contributed by atoms with Crippen LogP contribution in [0.1, 0.15) is 112 Å². The number of halogens is 1. The van der Waals surface area contributed by atoms with Gasteiger partial charge in [-0.1, -0.05) is 121 Å². The lowest BCUT2D eigenvalue weighted by atomic mass is 9.76. The SMILES string of the molecule is CC(C)(C)c1ccc(CN(CCOCCOCCNC(=O)c2ccc(C(C)(C)C)cc2)C(=O)C(c2ccc(Cl)cc2)C2CCCCC2)cc1. The number of hydrogen-bond acceptors (Lipinski definition) is 4. The Morgan fingerprint density at radius 2 is 1.31 bits per heavy atom. The van der Waals surface area contributed by atoms with Gasteiger partial charge in [0.15, 0.2) is 0 Å². The number of rotatable bonds is 15. The van der Waals surface area contributed by atoms with E-state index in [0.29, 0.717) is 62.6 Å². The van der Waals surface area contributed by atoms with Crippen LogP contribution in [0.2, 0.25) is 5.02 Å². The third kappa shape index (κ3) is 12.0. The van der Waals surface area contributed by atoms with Crippen molar-refractivity contribution in [3.05, 3.63) is 106 Å².